The number of terminal acetylenes is 1. The molecule has 2 N–H and O–H groups in total. The van der Waals surface area contributed by atoms with Gasteiger partial charge in [-0.05, 0) is 30.7 Å². The molecular weight excluding hydrogens is 256 g/mol. The first-order valence-corrected chi connectivity index (χ1v) is 6.07. The Morgan fingerprint density at radius 1 is 1.50 bits per heavy atom. The molecule has 20 heavy (non-hydrogen) atoms. The van der Waals surface area contributed by atoms with Crippen molar-refractivity contribution in [1.29, 1.82) is 0 Å². The third kappa shape index (κ3) is 4.86. The Balaban J connectivity index is 2.78. The van der Waals surface area contributed by atoms with E-state index in [1.54, 1.807) is 24.3 Å². The van der Waals surface area contributed by atoms with Crippen LogP contribution >= 0.6 is 0 Å². The Kier molecular flexibility index (Phi) is 5.85. The second-order valence-electron chi connectivity index (χ2n) is 3.95. The first kappa shape index (κ1) is 15.3. The lowest BCUT2D eigenvalue weighted by atomic mass is 10.2. The molecule has 0 saturated carbocycles. The molecule has 5 heteroatoms. The zero-order valence-electron chi connectivity index (χ0n) is 11.2. The SMILES string of the molecule is C#CCN(CC)C(=O)Nc1cccc(/C=C/C(=O)O)c1. The van der Waals surface area contributed by atoms with Crippen molar-refractivity contribution in [3.8, 4) is 12.3 Å². The molecule has 5 nitrogen and oxygen atoms in total. The molecule has 2 amide bonds. The topological polar surface area (TPSA) is 69.6 Å². The highest BCUT2D eigenvalue weighted by Gasteiger charge is 2.09. The maximum atomic E-state index is 11.9. The molecule has 1 aromatic rings. The number of urea groups is 1. The van der Waals surface area contributed by atoms with Gasteiger partial charge in [-0.15, -0.1) is 6.42 Å². The molecule has 1 rings (SSSR count). The molecule has 0 heterocycles. The summed E-state index contributed by atoms with van der Waals surface area (Å²) in [6, 6.07) is 6.59. The van der Waals surface area contributed by atoms with Gasteiger partial charge in [0, 0.05) is 18.3 Å². The Bertz CT molecular complexity index is 558. The number of carbonyl (C=O) groups is 2. The highest BCUT2D eigenvalue weighted by atomic mass is 16.4. The molecule has 0 aromatic heterocycles. The standard InChI is InChI=1S/C15H16N2O3/c1-3-10-17(4-2)15(20)16-13-7-5-6-12(11-13)8-9-14(18)19/h1,5-9,11H,4,10H2,2H3,(H,16,20)(H,18,19)/b9-8+. The van der Waals surface area contributed by atoms with Gasteiger partial charge in [0.05, 0.1) is 6.54 Å². The summed E-state index contributed by atoms with van der Waals surface area (Å²) < 4.78 is 0. The van der Waals surface area contributed by atoms with Crippen LogP contribution in [-0.2, 0) is 4.79 Å². The molecule has 0 spiro atoms. The maximum absolute atomic E-state index is 11.9. The zero-order valence-corrected chi connectivity index (χ0v) is 11.2. The van der Waals surface area contributed by atoms with Crippen molar-refractivity contribution in [2.45, 2.75) is 6.92 Å². The number of nitrogens with zero attached hydrogens (tertiary/aromatic N) is 1. The predicted molar refractivity (Wildman–Crippen MR) is 78.2 cm³/mol. The number of amides is 2. The smallest absolute Gasteiger partial charge is 0.328 e. The summed E-state index contributed by atoms with van der Waals surface area (Å²) in [6.07, 6.45) is 7.69. The lowest BCUT2D eigenvalue weighted by Crippen LogP contribution is -2.35. The number of benzene rings is 1. The van der Waals surface area contributed by atoms with Gasteiger partial charge in [0.2, 0.25) is 0 Å². The summed E-state index contributed by atoms with van der Waals surface area (Å²) in [5.74, 6) is 1.40. The minimum atomic E-state index is -1.02. The normalized spacial score (nSPS) is 10.0. The summed E-state index contributed by atoms with van der Waals surface area (Å²) in [4.78, 5) is 23.9. The van der Waals surface area contributed by atoms with Gasteiger partial charge < -0.3 is 15.3 Å². The van der Waals surface area contributed by atoms with Gasteiger partial charge in [-0.2, -0.15) is 0 Å². The summed E-state index contributed by atoms with van der Waals surface area (Å²) in [7, 11) is 0. The van der Waals surface area contributed by atoms with Crippen LogP contribution in [0.3, 0.4) is 0 Å². The van der Waals surface area contributed by atoms with E-state index in [0.717, 1.165) is 6.08 Å². The molecule has 0 unspecified atom stereocenters. The quantitative estimate of drug-likeness (QED) is 0.638. The molecule has 0 radical (unpaired) electrons. The van der Waals surface area contributed by atoms with Crippen molar-refractivity contribution in [3.63, 3.8) is 0 Å². The fourth-order valence-corrected chi connectivity index (χ4v) is 1.53. The van der Waals surface area contributed by atoms with Crippen LogP contribution in [-0.4, -0.2) is 35.1 Å². The van der Waals surface area contributed by atoms with Crippen LogP contribution in [0.25, 0.3) is 6.08 Å². The Morgan fingerprint density at radius 3 is 2.85 bits per heavy atom. The highest BCUT2D eigenvalue weighted by Crippen LogP contribution is 2.12. The molecule has 0 saturated heterocycles. The lowest BCUT2D eigenvalue weighted by Gasteiger charge is -2.18. The van der Waals surface area contributed by atoms with E-state index in [1.807, 2.05) is 6.92 Å². The first-order chi connectivity index (χ1) is 9.56. The largest absolute Gasteiger partial charge is 0.478 e. The third-order valence-corrected chi connectivity index (χ3v) is 2.51. The van der Waals surface area contributed by atoms with E-state index in [9.17, 15) is 9.59 Å². The molecule has 0 aliphatic carbocycles. The molecule has 104 valence electrons. The van der Waals surface area contributed by atoms with Gasteiger partial charge in [-0.3, -0.25) is 0 Å². The van der Waals surface area contributed by atoms with Crippen molar-refractivity contribution >= 4 is 23.8 Å². The van der Waals surface area contributed by atoms with E-state index in [2.05, 4.69) is 11.2 Å². The molecular formula is C15H16N2O3. The summed E-state index contributed by atoms with van der Waals surface area (Å²) in [5.41, 5.74) is 1.27. The van der Waals surface area contributed by atoms with Crippen molar-refractivity contribution in [1.82, 2.24) is 4.90 Å². The minimum Gasteiger partial charge on any atom is -0.478 e. The van der Waals surface area contributed by atoms with Crippen LogP contribution in [0.1, 0.15) is 12.5 Å². The van der Waals surface area contributed by atoms with Gasteiger partial charge >= 0.3 is 12.0 Å². The van der Waals surface area contributed by atoms with Gasteiger partial charge in [0.1, 0.15) is 0 Å². The minimum absolute atomic E-state index is 0.237. The van der Waals surface area contributed by atoms with Gasteiger partial charge in [0.25, 0.3) is 0 Å². The van der Waals surface area contributed by atoms with E-state index in [4.69, 9.17) is 11.5 Å². The number of nitrogens with one attached hydrogen (secondary N) is 1. The number of hydrogen-bond acceptors (Lipinski definition) is 2. The van der Waals surface area contributed by atoms with E-state index < -0.39 is 5.97 Å². The van der Waals surface area contributed by atoms with E-state index in [-0.39, 0.29) is 12.6 Å². The van der Waals surface area contributed by atoms with Crippen LogP contribution in [0, 0.1) is 12.3 Å². The summed E-state index contributed by atoms with van der Waals surface area (Å²) in [5, 5.41) is 11.3. The van der Waals surface area contributed by atoms with Crippen LogP contribution in [0.2, 0.25) is 0 Å². The number of rotatable bonds is 5. The fraction of sp³-hybridized carbons (Fsp3) is 0.200. The molecule has 0 bridgehead atoms. The average Bonchev–Trinajstić information content (AvgIpc) is 2.42. The third-order valence-electron chi connectivity index (χ3n) is 2.51. The first-order valence-electron chi connectivity index (χ1n) is 6.07. The van der Waals surface area contributed by atoms with Crippen molar-refractivity contribution in [2.75, 3.05) is 18.4 Å². The molecule has 0 fully saturated rings. The van der Waals surface area contributed by atoms with Gasteiger partial charge in [-0.1, -0.05) is 18.1 Å². The van der Waals surface area contributed by atoms with Crippen molar-refractivity contribution in [2.24, 2.45) is 0 Å². The Labute approximate surface area is 117 Å². The number of carboxylic acid groups (broad SMARTS) is 1. The fourth-order valence-electron chi connectivity index (χ4n) is 1.53. The van der Waals surface area contributed by atoms with Crippen LogP contribution < -0.4 is 5.32 Å². The monoisotopic (exact) mass is 272 g/mol. The van der Waals surface area contributed by atoms with Crippen LogP contribution in [0.15, 0.2) is 30.3 Å². The Hall–Kier alpha value is -2.74. The summed E-state index contributed by atoms with van der Waals surface area (Å²) in [6.45, 7) is 2.58. The number of carboxylic acids is 1. The molecule has 0 aliphatic heterocycles. The molecule has 1 aromatic carbocycles. The highest BCUT2D eigenvalue weighted by molar-refractivity contribution is 5.90. The molecule has 0 aliphatic rings. The number of anilines is 1. The van der Waals surface area contributed by atoms with Gasteiger partial charge in [-0.25, -0.2) is 9.59 Å². The average molecular weight is 272 g/mol. The van der Waals surface area contributed by atoms with Crippen LogP contribution in [0.4, 0.5) is 10.5 Å². The predicted octanol–water partition coefficient (Wildman–Crippen LogP) is 2.27. The number of carbonyl (C=O) groups excluding carboxylic acids is 1. The van der Waals surface area contributed by atoms with E-state index in [1.165, 1.54) is 11.0 Å². The second kappa shape index (κ2) is 7.64. The van der Waals surface area contributed by atoms with Crippen molar-refractivity contribution < 1.29 is 14.7 Å². The Morgan fingerprint density at radius 2 is 2.25 bits per heavy atom. The maximum Gasteiger partial charge on any atom is 0.328 e. The zero-order chi connectivity index (χ0) is 15.0. The second-order valence-corrected chi connectivity index (χ2v) is 3.95. The van der Waals surface area contributed by atoms with Crippen LogP contribution in [0.5, 0.6) is 0 Å². The summed E-state index contributed by atoms with van der Waals surface area (Å²) >= 11 is 0. The number of aliphatic carboxylic acids is 1. The number of hydrogen-bond donors (Lipinski definition) is 2. The van der Waals surface area contributed by atoms with Crippen molar-refractivity contribution in [3.05, 3.63) is 35.9 Å². The van der Waals surface area contributed by atoms with Gasteiger partial charge in [0.15, 0.2) is 0 Å². The lowest BCUT2D eigenvalue weighted by molar-refractivity contribution is -0.131. The van der Waals surface area contributed by atoms with E-state index >= 15 is 0 Å². The molecule has 0 atom stereocenters. The van der Waals surface area contributed by atoms with E-state index in [0.29, 0.717) is 17.8 Å².